The lowest BCUT2D eigenvalue weighted by molar-refractivity contribution is 0.115. The largest absolute Gasteiger partial charge is 0.384 e. The Morgan fingerprint density at radius 1 is 0.583 bits per heavy atom. The van der Waals surface area contributed by atoms with E-state index in [-0.39, 0.29) is 0 Å². The molecule has 0 bridgehead atoms. The van der Waals surface area contributed by atoms with Crippen LogP contribution in [0.3, 0.4) is 0 Å². The molecule has 0 amide bonds. The van der Waals surface area contributed by atoms with Gasteiger partial charge in [-0.15, -0.1) is 0 Å². The van der Waals surface area contributed by atoms with Gasteiger partial charge in [-0.05, 0) is 36.5 Å². The van der Waals surface area contributed by atoms with Crippen molar-refractivity contribution in [1.29, 1.82) is 0 Å². The third kappa shape index (κ3) is 7.89. The van der Waals surface area contributed by atoms with Gasteiger partial charge >= 0.3 is 0 Å². The summed E-state index contributed by atoms with van der Waals surface area (Å²) in [6, 6.07) is 0. The normalized spacial score (nSPS) is 31.2. The van der Waals surface area contributed by atoms with Crippen LogP contribution in [0.25, 0.3) is 0 Å². The molecule has 0 heterocycles. The molecule has 0 radical (unpaired) electrons. The minimum absolute atomic E-state index is 0.860. The highest BCUT2D eigenvalue weighted by Crippen LogP contribution is 2.37. The van der Waals surface area contributed by atoms with E-state index in [0.29, 0.717) is 0 Å². The smallest absolute Gasteiger partial charge is 0.0490 e. The minimum Gasteiger partial charge on any atom is -0.384 e. The maximum Gasteiger partial charge on any atom is 0.0490 e. The van der Waals surface area contributed by atoms with Crippen LogP contribution in [0.5, 0.6) is 0 Å². The predicted octanol–water partition coefficient (Wildman–Crippen LogP) is 7.39. The van der Waals surface area contributed by atoms with Crippen LogP contribution in [0, 0.1) is 23.7 Å². The molecule has 0 spiro atoms. The molecule has 2 saturated carbocycles. The average molecular weight is 337 g/mol. The maximum atomic E-state index is 5.33. The summed E-state index contributed by atoms with van der Waals surface area (Å²) in [5.41, 5.74) is 0. The first kappa shape index (κ1) is 20.3. The molecule has 2 rings (SSSR count). The SMILES string of the molecule is CCCCCCC[C@H]1CC[C@H](CC[C@H]2CC[C@H](COC)CC2)CC1. The lowest BCUT2D eigenvalue weighted by Gasteiger charge is -2.32. The molecule has 2 aliphatic rings. The summed E-state index contributed by atoms with van der Waals surface area (Å²) in [6.07, 6.45) is 23.8. The van der Waals surface area contributed by atoms with E-state index in [2.05, 4.69) is 6.92 Å². The first-order valence-corrected chi connectivity index (χ1v) is 11.3. The van der Waals surface area contributed by atoms with E-state index in [1.54, 1.807) is 25.7 Å². The van der Waals surface area contributed by atoms with Crippen LogP contribution in [-0.2, 0) is 4.74 Å². The molecule has 0 unspecified atom stereocenters. The third-order valence-corrected chi connectivity index (χ3v) is 7.03. The number of ether oxygens (including phenoxy) is 1. The van der Waals surface area contributed by atoms with E-state index in [1.807, 2.05) is 7.11 Å². The molecule has 2 fully saturated rings. The summed E-state index contributed by atoms with van der Waals surface area (Å²) in [5, 5.41) is 0. The highest BCUT2D eigenvalue weighted by atomic mass is 16.5. The van der Waals surface area contributed by atoms with E-state index in [9.17, 15) is 0 Å². The van der Waals surface area contributed by atoms with E-state index < -0.39 is 0 Å². The maximum absolute atomic E-state index is 5.33. The summed E-state index contributed by atoms with van der Waals surface area (Å²) in [4.78, 5) is 0. The molecule has 0 aromatic rings. The zero-order chi connectivity index (χ0) is 17.0. The number of hydrogen-bond donors (Lipinski definition) is 0. The number of rotatable bonds is 11. The summed E-state index contributed by atoms with van der Waals surface area (Å²) in [7, 11) is 1.85. The third-order valence-electron chi connectivity index (χ3n) is 7.03. The van der Waals surface area contributed by atoms with Crippen LogP contribution in [0.4, 0.5) is 0 Å². The summed E-state index contributed by atoms with van der Waals surface area (Å²) >= 11 is 0. The summed E-state index contributed by atoms with van der Waals surface area (Å²) in [5.74, 6) is 4.04. The Bertz CT molecular complexity index is 284. The quantitative estimate of drug-likeness (QED) is 0.357. The first-order chi connectivity index (χ1) is 11.8. The average Bonchev–Trinajstić information content (AvgIpc) is 2.62. The molecule has 0 aromatic carbocycles. The van der Waals surface area contributed by atoms with Crippen molar-refractivity contribution in [3.8, 4) is 0 Å². The molecule has 0 N–H and O–H groups in total. The van der Waals surface area contributed by atoms with Crippen molar-refractivity contribution >= 4 is 0 Å². The van der Waals surface area contributed by atoms with Gasteiger partial charge in [-0.1, -0.05) is 96.8 Å². The Morgan fingerprint density at radius 3 is 1.54 bits per heavy atom. The lowest BCUT2D eigenvalue weighted by atomic mass is 9.75. The van der Waals surface area contributed by atoms with Crippen molar-refractivity contribution in [2.45, 2.75) is 110 Å². The van der Waals surface area contributed by atoms with Gasteiger partial charge in [0.25, 0.3) is 0 Å². The Hall–Kier alpha value is -0.0400. The Morgan fingerprint density at radius 2 is 1.04 bits per heavy atom. The highest BCUT2D eigenvalue weighted by Gasteiger charge is 2.24. The van der Waals surface area contributed by atoms with Gasteiger partial charge in [0.05, 0.1) is 0 Å². The minimum atomic E-state index is 0.860. The van der Waals surface area contributed by atoms with Gasteiger partial charge < -0.3 is 4.74 Å². The number of hydrogen-bond acceptors (Lipinski definition) is 1. The summed E-state index contributed by atoms with van der Waals surface area (Å²) < 4.78 is 5.33. The Labute approximate surface area is 152 Å². The van der Waals surface area contributed by atoms with Gasteiger partial charge in [-0.2, -0.15) is 0 Å². The monoisotopic (exact) mass is 336 g/mol. The Kier molecular flexibility index (Phi) is 10.4. The van der Waals surface area contributed by atoms with Crippen LogP contribution in [0.1, 0.15) is 110 Å². The number of methoxy groups -OCH3 is 1. The first-order valence-electron chi connectivity index (χ1n) is 11.3. The van der Waals surface area contributed by atoms with Gasteiger partial charge in [-0.25, -0.2) is 0 Å². The van der Waals surface area contributed by atoms with E-state index >= 15 is 0 Å². The van der Waals surface area contributed by atoms with Gasteiger partial charge in [0.2, 0.25) is 0 Å². The molecule has 0 aliphatic heterocycles. The summed E-state index contributed by atoms with van der Waals surface area (Å²) in [6.45, 7) is 3.31. The second-order valence-corrected chi connectivity index (χ2v) is 9.01. The fourth-order valence-corrected chi connectivity index (χ4v) is 5.24. The van der Waals surface area contributed by atoms with Gasteiger partial charge in [0, 0.05) is 13.7 Å². The van der Waals surface area contributed by atoms with Crippen LogP contribution >= 0.6 is 0 Å². The van der Waals surface area contributed by atoms with Crippen molar-refractivity contribution in [3.05, 3.63) is 0 Å². The van der Waals surface area contributed by atoms with Crippen LogP contribution in [-0.4, -0.2) is 13.7 Å². The fraction of sp³-hybridized carbons (Fsp3) is 1.00. The zero-order valence-corrected chi connectivity index (χ0v) is 16.7. The van der Waals surface area contributed by atoms with Crippen molar-refractivity contribution in [2.75, 3.05) is 13.7 Å². The molecule has 0 aromatic heterocycles. The second kappa shape index (κ2) is 12.3. The molecule has 1 nitrogen and oxygen atoms in total. The van der Waals surface area contributed by atoms with Gasteiger partial charge in [0.15, 0.2) is 0 Å². The molecule has 24 heavy (non-hydrogen) atoms. The lowest BCUT2D eigenvalue weighted by Crippen LogP contribution is -2.20. The molecular formula is C23H44O. The van der Waals surface area contributed by atoms with Crippen LogP contribution < -0.4 is 0 Å². The van der Waals surface area contributed by atoms with E-state index in [1.165, 1.54) is 77.0 Å². The van der Waals surface area contributed by atoms with Crippen molar-refractivity contribution in [3.63, 3.8) is 0 Å². The highest BCUT2D eigenvalue weighted by molar-refractivity contribution is 4.76. The van der Waals surface area contributed by atoms with Crippen molar-refractivity contribution in [2.24, 2.45) is 23.7 Å². The van der Waals surface area contributed by atoms with Gasteiger partial charge in [0.1, 0.15) is 0 Å². The molecule has 2 aliphatic carbocycles. The van der Waals surface area contributed by atoms with Crippen LogP contribution in [0.2, 0.25) is 0 Å². The second-order valence-electron chi connectivity index (χ2n) is 9.01. The predicted molar refractivity (Wildman–Crippen MR) is 105 cm³/mol. The Balaban J connectivity index is 1.48. The van der Waals surface area contributed by atoms with Crippen molar-refractivity contribution in [1.82, 2.24) is 0 Å². The molecule has 0 saturated heterocycles. The molecule has 1 heteroatoms. The van der Waals surface area contributed by atoms with Gasteiger partial charge in [-0.3, -0.25) is 0 Å². The molecular weight excluding hydrogens is 292 g/mol. The fourth-order valence-electron chi connectivity index (χ4n) is 5.24. The standard InChI is InChI=1S/C23H44O/c1-3-4-5-6-7-8-20-9-11-21(12-10-20)13-14-22-15-17-23(18-16-22)19-24-2/h20-23H,3-19H2,1-2H3/t20-,21-,22-,23-. The van der Waals surface area contributed by atoms with E-state index in [4.69, 9.17) is 4.74 Å². The topological polar surface area (TPSA) is 9.23 Å². The van der Waals surface area contributed by atoms with Crippen molar-refractivity contribution < 1.29 is 4.74 Å². The molecule has 0 atom stereocenters. The molecule has 142 valence electrons. The zero-order valence-electron chi connectivity index (χ0n) is 16.7. The number of unbranched alkanes of at least 4 members (excludes halogenated alkanes) is 4. The van der Waals surface area contributed by atoms with E-state index in [0.717, 1.165) is 30.3 Å². The van der Waals surface area contributed by atoms with Crippen LogP contribution in [0.15, 0.2) is 0 Å².